The minimum atomic E-state index is -0.115. The standard InChI is InChI=1S/C14H20N2O2/c1-10-6-7-11(15)8-13(10)16-14(17)9-18-12-4-2-3-5-12/h6-8,12H,2-5,9,15H2,1H3,(H,16,17). The smallest absolute Gasteiger partial charge is 0.250 e. The van der Waals surface area contributed by atoms with E-state index in [2.05, 4.69) is 5.32 Å². The van der Waals surface area contributed by atoms with Crippen LogP contribution in [-0.4, -0.2) is 18.6 Å². The lowest BCUT2D eigenvalue weighted by atomic mass is 10.2. The number of hydrogen-bond donors (Lipinski definition) is 2. The van der Waals surface area contributed by atoms with Crippen molar-refractivity contribution in [1.82, 2.24) is 0 Å². The van der Waals surface area contributed by atoms with Crippen LogP contribution in [0.15, 0.2) is 18.2 Å². The van der Waals surface area contributed by atoms with Crippen molar-refractivity contribution < 1.29 is 9.53 Å². The maximum atomic E-state index is 11.8. The molecule has 1 amide bonds. The number of nitrogen functional groups attached to an aromatic ring is 1. The third-order valence-corrected chi connectivity index (χ3v) is 3.29. The lowest BCUT2D eigenvalue weighted by molar-refractivity contribution is -0.122. The minimum Gasteiger partial charge on any atom is -0.399 e. The van der Waals surface area contributed by atoms with Gasteiger partial charge in [-0.2, -0.15) is 0 Å². The number of carbonyl (C=O) groups excluding carboxylic acids is 1. The third kappa shape index (κ3) is 3.47. The van der Waals surface area contributed by atoms with Gasteiger partial charge < -0.3 is 15.8 Å². The molecule has 0 bridgehead atoms. The normalized spacial score (nSPS) is 15.8. The average Bonchev–Trinajstić information content (AvgIpc) is 2.84. The molecular formula is C14H20N2O2. The molecule has 0 atom stereocenters. The first-order valence-corrected chi connectivity index (χ1v) is 6.43. The summed E-state index contributed by atoms with van der Waals surface area (Å²) < 4.78 is 5.56. The van der Waals surface area contributed by atoms with E-state index >= 15 is 0 Å². The van der Waals surface area contributed by atoms with Gasteiger partial charge >= 0.3 is 0 Å². The van der Waals surface area contributed by atoms with E-state index in [-0.39, 0.29) is 18.6 Å². The van der Waals surface area contributed by atoms with Crippen molar-refractivity contribution in [1.29, 1.82) is 0 Å². The van der Waals surface area contributed by atoms with Gasteiger partial charge in [-0.3, -0.25) is 4.79 Å². The molecule has 1 aliphatic carbocycles. The zero-order valence-electron chi connectivity index (χ0n) is 10.7. The summed E-state index contributed by atoms with van der Waals surface area (Å²) in [6, 6.07) is 5.48. The molecule has 18 heavy (non-hydrogen) atoms. The largest absolute Gasteiger partial charge is 0.399 e. The summed E-state index contributed by atoms with van der Waals surface area (Å²) in [5, 5.41) is 2.83. The Bertz CT molecular complexity index is 426. The highest BCUT2D eigenvalue weighted by Gasteiger charge is 2.16. The van der Waals surface area contributed by atoms with Crippen molar-refractivity contribution >= 4 is 17.3 Å². The first kappa shape index (κ1) is 12.9. The number of amides is 1. The fourth-order valence-electron chi connectivity index (χ4n) is 2.21. The molecule has 0 radical (unpaired) electrons. The molecule has 0 saturated heterocycles. The highest BCUT2D eigenvalue weighted by molar-refractivity contribution is 5.92. The Morgan fingerprint density at radius 3 is 2.89 bits per heavy atom. The van der Waals surface area contributed by atoms with E-state index in [1.165, 1.54) is 12.8 Å². The second-order valence-electron chi connectivity index (χ2n) is 4.84. The summed E-state index contributed by atoms with van der Waals surface area (Å²) in [5.74, 6) is -0.115. The summed E-state index contributed by atoms with van der Waals surface area (Å²) >= 11 is 0. The van der Waals surface area contributed by atoms with Crippen LogP contribution in [0.3, 0.4) is 0 Å². The molecule has 0 spiro atoms. The molecule has 3 N–H and O–H groups in total. The van der Waals surface area contributed by atoms with Gasteiger partial charge in [-0.25, -0.2) is 0 Å². The van der Waals surface area contributed by atoms with E-state index in [9.17, 15) is 4.79 Å². The van der Waals surface area contributed by atoms with E-state index in [0.717, 1.165) is 24.1 Å². The van der Waals surface area contributed by atoms with Crippen LogP contribution < -0.4 is 11.1 Å². The quantitative estimate of drug-likeness (QED) is 0.804. The number of rotatable bonds is 4. The molecule has 0 aliphatic heterocycles. The number of benzene rings is 1. The van der Waals surface area contributed by atoms with Gasteiger partial charge in [0.2, 0.25) is 5.91 Å². The minimum absolute atomic E-state index is 0.115. The predicted octanol–water partition coefficient (Wildman–Crippen LogP) is 2.47. The molecule has 2 rings (SSSR count). The van der Waals surface area contributed by atoms with Crippen molar-refractivity contribution in [3.05, 3.63) is 23.8 Å². The molecule has 4 heteroatoms. The highest BCUT2D eigenvalue weighted by Crippen LogP contribution is 2.21. The molecule has 98 valence electrons. The van der Waals surface area contributed by atoms with Crippen molar-refractivity contribution in [2.24, 2.45) is 0 Å². The van der Waals surface area contributed by atoms with Gasteiger partial charge in [0.05, 0.1) is 6.10 Å². The lowest BCUT2D eigenvalue weighted by Gasteiger charge is -2.12. The van der Waals surface area contributed by atoms with Gasteiger partial charge in [-0.15, -0.1) is 0 Å². The average molecular weight is 248 g/mol. The number of carbonyl (C=O) groups is 1. The van der Waals surface area contributed by atoms with Crippen LogP contribution in [0.5, 0.6) is 0 Å². The summed E-state index contributed by atoms with van der Waals surface area (Å²) in [6.45, 7) is 2.06. The lowest BCUT2D eigenvalue weighted by Crippen LogP contribution is -2.22. The Hall–Kier alpha value is -1.55. The number of anilines is 2. The van der Waals surface area contributed by atoms with Gasteiger partial charge in [-0.1, -0.05) is 18.9 Å². The van der Waals surface area contributed by atoms with Crippen LogP contribution in [0.4, 0.5) is 11.4 Å². The van der Waals surface area contributed by atoms with Crippen molar-refractivity contribution in [3.63, 3.8) is 0 Å². The zero-order chi connectivity index (χ0) is 13.0. The fraction of sp³-hybridized carbons (Fsp3) is 0.500. The summed E-state index contributed by atoms with van der Waals surface area (Å²) in [7, 11) is 0. The maximum Gasteiger partial charge on any atom is 0.250 e. The summed E-state index contributed by atoms with van der Waals surface area (Å²) in [5.41, 5.74) is 8.10. The van der Waals surface area contributed by atoms with Crippen LogP contribution in [0.2, 0.25) is 0 Å². The Balaban J connectivity index is 1.84. The first-order chi connectivity index (χ1) is 8.65. The van der Waals surface area contributed by atoms with E-state index < -0.39 is 0 Å². The topological polar surface area (TPSA) is 64.3 Å². The van der Waals surface area contributed by atoms with Gasteiger partial charge in [0, 0.05) is 11.4 Å². The van der Waals surface area contributed by atoms with Gasteiger partial charge in [0.25, 0.3) is 0 Å². The molecule has 0 heterocycles. The number of aryl methyl sites for hydroxylation is 1. The predicted molar refractivity (Wildman–Crippen MR) is 72.4 cm³/mol. The molecule has 4 nitrogen and oxygen atoms in total. The third-order valence-electron chi connectivity index (χ3n) is 3.29. The summed E-state index contributed by atoms with van der Waals surface area (Å²) in [6.07, 6.45) is 4.83. The van der Waals surface area contributed by atoms with Crippen molar-refractivity contribution in [3.8, 4) is 0 Å². The zero-order valence-corrected chi connectivity index (χ0v) is 10.7. The fourth-order valence-corrected chi connectivity index (χ4v) is 2.21. The van der Waals surface area contributed by atoms with Crippen LogP contribution in [0.25, 0.3) is 0 Å². The SMILES string of the molecule is Cc1ccc(N)cc1NC(=O)COC1CCCC1. The van der Waals surface area contributed by atoms with Gasteiger partial charge in [0.1, 0.15) is 6.61 Å². The van der Waals surface area contributed by atoms with Crippen LogP contribution in [0, 0.1) is 6.92 Å². The molecule has 1 aliphatic rings. The maximum absolute atomic E-state index is 11.8. The Morgan fingerprint density at radius 2 is 2.17 bits per heavy atom. The number of ether oxygens (including phenoxy) is 1. The molecule has 1 aromatic carbocycles. The second-order valence-corrected chi connectivity index (χ2v) is 4.84. The van der Waals surface area contributed by atoms with E-state index in [1.807, 2.05) is 19.1 Å². The highest BCUT2D eigenvalue weighted by atomic mass is 16.5. The number of nitrogens with two attached hydrogens (primary N) is 1. The van der Waals surface area contributed by atoms with Crippen LogP contribution in [0.1, 0.15) is 31.2 Å². The molecule has 1 fully saturated rings. The Morgan fingerprint density at radius 1 is 1.44 bits per heavy atom. The molecule has 1 saturated carbocycles. The van der Waals surface area contributed by atoms with Gasteiger partial charge in [0.15, 0.2) is 0 Å². The monoisotopic (exact) mass is 248 g/mol. The van der Waals surface area contributed by atoms with E-state index in [4.69, 9.17) is 10.5 Å². The molecule has 0 unspecified atom stereocenters. The summed E-state index contributed by atoms with van der Waals surface area (Å²) in [4.78, 5) is 11.8. The number of nitrogens with one attached hydrogen (secondary N) is 1. The first-order valence-electron chi connectivity index (χ1n) is 6.43. The van der Waals surface area contributed by atoms with E-state index in [1.54, 1.807) is 6.07 Å². The molecule has 0 aromatic heterocycles. The Kier molecular flexibility index (Phi) is 4.20. The molecular weight excluding hydrogens is 228 g/mol. The number of hydrogen-bond acceptors (Lipinski definition) is 3. The Labute approximate surface area is 108 Å². The van der Waals surface area contributed by atoms with Crippen LogP contribution in [-0.2, 0) is 9.53 Å². The second kappa shape index (κ2) is 5.87. The molecule has 1 aromatic rings. The van der Waals surface area contributed by atoms with Crippen molar-refractivity contribution in [2.75, 3.05) is 17.7 Å². The van der Waals surface area contributed by atoms with E-state index in [0.29, 0.717) is 5.69 Å². The van der Waals surface area contributed by atoms with Gasteiger partial charge in [-0.05, 0) is 37.5 Å². The van der Waals surface area contributed by atoms with Crippen molar-refractivity contribution in [2.45, 2.75) is 38.7 Å². The van der Waals surface area contributed by atoms with Crippen LogP contribution >= 0.6 is 0 Å².